The van der Waals surface area contributed by atoms with Crippen LogP contribution in [0.5, 0.6) is 0 Å². The minimum absolute atomic E-state index is 0.175. The second-order valence-corrected chi connectivity index (χ2v) is 5.02. The van der Waals surface area contributed by atoms with Crippen LogP contribution < -0.4 is 16.8 Å². The number of hydrogen-bond donors (Lipinski definition) is 3. The highest BCUT2D eigenvalue weighted by atomic mass is 16.2. The largest absolute Gasteiger partial charge is 0.398 e. The molecule has 18 heavy (non-hydrogen) atoms. The van der Waals surface area contributed by atoms with Crippen molar-refractivity contribution in [1.29, 1.82) is 0 Å². The zero-order valence-electron chi connectivity index (χ0n) is 10.9. The van der Waals surface area contributed by atoms with Crippen molar-refractivity contribution in [3.8, 4) is 0 Å². The van der Waals surface area contributed by atoms with Crippen molar-refractivity contribution in [3.05, 3.63) is 29.3 Å². The maximum Gasteiger partial charge on any atom is 0.253 e. The number of nitrogen functional groups attached to an aromatic ring is 1. The molecule has 0 heterocycles. The highest BCUT2D eigenvalue weighted by molar-refractivity contribution is 5.99. The molecule has 0 bridgehead atoms. The summed E-state index contributed by atoms with van der Waals surface area (Å²) >= 11 is 0. The van der Waals surface area contributed by atoms with Crippen molar-refractivity contribution in [3.63, 3.8) is 0 Å². The molecule has 0 aliphatic carbocycles. The Balaban J connectivity index is 2.78. The van der Waals surface area contributed by atoms with E-state index < -0.39 is 11.3 Å². The monoisotopic (exact) mass is 249 g/mol. The van der Waals surface area contributed by atoms with Gasteiger partial charge in [0.2, 0.25) is 5.91 Å². The Labute approximate surface area is 107 Å². The van der Waals surface area contributed by atoms with Crippen LogP contribution in [0, 0.1) is 12.3 Å². The molecule has 0 radical (unpaired) electrons. The molecule has 5 nitrogen and oxygen atoms in total. The second-order valence-electron chi connectivity index (χ2n) is 5.02. The van der Waals surface area contributed by atoms with Gasteiger partial charge in [-0.2, -0.15) is 0 Å². The van der Waals surface area contributed by atoms with Crippen molar-refractivity contribution in [2.75, 3.05) is 12.3 Å². The van der Waals surface area contributed by atoms with Gasteiger partial charge in [0, 0.05) is 12.2 Å². The van der Waals surface area contributed by atoms with Crippen LogP contribution >= 0.6 is 0 Å². The summed E-state index contributed by atoms with van der Waals surface area (Å²) in [5, 5.41) is 2.67. The van der Waals surface area contributed by atoms with Gasteiger partial charge in [-0.05, 0) is 32.9 Å². The van der Waals surface area contributed by atoms with Gasteiger partial charge in [-0.3, -0.25) is 9.59 Å². The van der Waals surface area contributed by atoms with Crippen molar-refractivity contribution < 1.29 is 9.59 Å². The first-order chi connectivity index (χ1) is 8.24. The maximum atomic E-state index is 11.9. The van der Waals surface area contributed by atoms with Gasteiger partial charge >= 0.3 is 0 Å². The zero-order chi connectivity index (χ0) is 13.9. The number of carbonyl (C=O) groups excluding carboxylic acids is 2. The molecule has 0 saturated carbocycles. The first-order valence-electron chi connectivity index (χ1n) is 5.68. The standard InChI is InChI=1S/C13H19N3O2/c1-8-4-5-10(14)9(6-8)11(17)16-7-13(2,3)12(15)18/h4-6H,7,14H2,1-3H3,(H2,15,18)(H,16,17). The lowest BCUT2D eigenvalue weighted by atomic mass is 9.92. The van der Waals surface area contributed by atoms with Crippen LogP contribution in [0.25, 0.3) is 0 Å². The van der Waals surface area contributed by atoms with Gasteiger partial charge in [0.05, 0.1) is 11.0 Å². The van der Waals surface area contributed by atoms with Gasteiger partial charge < -0.3 is 16.8 Å². The summed E-state index contributed by atoms with van der Waals surface area (Å²) in [5.74, 6) is -0.759. The van der Waals surface area contributed by atoms with E-state index in [-0.39, 0.29) is 12.5 Å². The smallest absolute Gasteiger partial charge is 0.253 e. The van der Waals surface area contributed by atoms with Crippen LogP contribution in [0.15, 0.2) is 18.2 Å². The Morgan fingerprint density at radius 2 is 1.94 bits per heavy atom. The van der Waals surface area contributed by atoms with E-state index in [0.29, 0.717) is 11.3 Å². The Morgan fingerprint density at radius 3 is 2.50 bits per heavy atom. The predicted octanol–water partition coefficient (Wildman–Crippen LogP) is 0.819. The van der Waals surface area contributed by atoms with Crippen molar-refractivity contribution in [2.24, 2.45) is 11.1 Å². The SMILES string of the molecule is Cc1ccc(N)c(C(=O)NCC(C)(C)C(N)=O)c1. The van der Waals surface area contributed by atoms with Crippen LogP contribution in [-0.2, 0) is 4.79 Å². The summed E-state index contributed by atoms with van der Waals surface area (Å²) in [6.07, 6.45) is 0. The molecule has 1 aromatic rings. The fourth-order valence-corrected chi connectivity index (χ4v) is 1.35. The average Bonchev–Trinajstić information content (AvgIpc) is 2.29. The van der Waals surface area contributed by atoms with Gasteiger partial charge in [-0.15, -0.1) is 0 Å². The second kappa shape index (κ2) is 5.08. The number of rotatable bonds is 4. The maximum absolute atomic E-state index is 11.9. The van der Waals surface area contributed by atoms with Crippen molar-refractivity contribution in [1.82, 2.24) is 5.32 Å². The summed E-state index contributed by atoms with van der Waals surface area (Å²) in [5.41, 5.74) is 12.0. The minimum Gasteiger partial charge on any atom is -0.398 e. The number of benzene rings is 1. The van der Waals surface area contributed by atoms with Gasteiger partial charge in [0.1, 0.15) is 0 Å². The van der Waals surface area contributed by atoms with Gasteiger partial charge in [0.25, 0.3) is 5.91 Å². The van der Waals surface area contributed by atoms with Crippen LogP contribution in [0.3, 0.4) is 0 Å². The number of nitrogens with one attached hydrogen (secondary N) is 1. The van der Waals surface area contributed by atoms with Crippen LogP contribution in [0.2, 0.25) is 0 Å². The average molecular weight is 249 g/mol. The molecule has 0 fully saturated rings. The molecular weight excluding hydrogens is 230 g/mol. The number of aryl methyl sites for hydroxylation is 1. The Hall–Kier alpha value is -2.04. The molecule has 0 aliphatic rings. The molecule has 0 spiro atoms. The van der Waals surface area contributed by atoms with Crippen LogP contribution in [-0.4, -0.2) is 18.4 Å². The topological polar surface area (TPSA) is 98.2 Å². The summed E-state index contributed by atoms with van der Waals surface area (Å²) in [7, 11) is 0. The van der Waals surface area contributed by atoms with E-state index in [1.54, 1.807) is 26.0 Å². The molecule has 0 aliphatic heterocycles. The van der Waals surface area contributed by atoms with E-state index in [0.717, 1.165) is 5.56 Å². The number of primary amides is 1. The van der Waals surface area contributed by atoms with Crippen LogP contribution in [0.4, 0.5) is 5.69 Å². The summed E-state index contributed by atoms with van der Waals surface area (Å²) in [4.78, 5) is 23.1. The molecule has 0 saturated heterocycles. The van der Waals surface area contributed by atoms with Crippen LogP contribution in [0.1, 0.15) is 29.8 Å². The van der Waals surface area contributed by atoms with E-state index in [1.165, 1.54) is 0 Å². The van der Waals surface area contributed by atoms with E-state index in [4.69, 9.17) is 11.5 Å². The lowest BCUT2D eigenvalue weighted by molar-refractivity contribution is -0.125. The summed E-state index contributed by atoms with van der Waals surface area (Å²) < 4.78 is 0. The molecular formula is C13H19N3O2. The molecule has 0 aromatic heterocycles. The van der Waals surface area contributed by atoms with E-state index in [9.17, 15) is 9.59 Å². The quantitative estimate of drug-likeness (QED) is 0.689. The van der Waals surface area contributed by atoms with Gasteiger partial charge in [0.15, 0.2) is 0 Å². The van der Waals surface area contributed by atoms with E-state index in [1.807, 2.05) is 13.0 Å². The third kappa shape index (κ3) is 3.23. The fraction of sp³-hybridized carbons (Fsp3) is 0.385. The van der Waals surface area contributed by atoms with E-state index >= 15 is 0 Å². The molecule has 0 unspecified atom stereocenters. The summed E-state index contributed by atoms with van der Waals surface area (Å²) in [6.45, 7) is 5.41. The number of nitrogens with two attached hydrogens (primary N) is 2. The first-order valence-corrected chi connectivity index (χ1v) is 5.68. The first kappa shape index (κ1) is 14.0. The third-order valence-electron chi connectivity index (χ3n) is 2.81. The highest BCUT2D eigenvalue weighted by Gasteiger charge is 2.25. The number of anilines is 1. The molecule has 98 valence electrons. The molecule has 1 rings (SSSR count). The molecule has 5 heteroatoms. The van der Waals surface area contributed by atoms with Gasteiger partial charge in [-0.1, -0.05) is 11.6 Å². The lowest BCUT2D eigenvalue weighted by Crippen LogP contribution is -2.42. The van der Waals surface area contributed by atoms with E-state index in [2.05, 4.69) is 5.32 Å². The Kier molecular flexibility index (Phi) is 3.96. The highest BCUT2D eigenvalue weighted by Crippen LogP contribution is 2.15. The number of hydrogen-bond acceptors (Lipinski definition) is 3. The number of carbonyl (C=O) groups is 2. The number of amides is 2. The Bertz CT molecular complexity index is 481. The zero-order valence-corrected chi connectivity index (χ0v) is 10.9. The van der Waals surface area contributed by atoms with Gasteiger partial charge in [-0.25, -0.2) is 0 Å². The molecule has 1 aromatic carbocycles. The normalized spacial score (nSPS) is 11.1. The molecule has 5 N–H and O–H groups in total. The minimum atomic E-state index is -0.783. The molecule has 0 atom stereocenters. The lowest BCUT2D eigenvalue weighted by Gasteiger charge is -2.21. The Morgan fingerprint density at radius 1 is 1.33 bits per heavy atom. The van der Waals surface area contributed by atoms with Crippen molar-refractivity contribution in [2.45, 2.75) is 20.8 Å². The third-order valence-corrected chi connectivity index (χ3v) is 2.81. The predicted molar refractivity (Wildman–Crippen MR) is 70.9 cm³/mol. The molecule has 2 amide bonds. The van der Waals surface area contributed by atoms with Crippen molar-refractivity contribution >= 4 is 17.5 Å². The summed E-state index contributed by atoms with van der Waals surface area (Å²) in [6, 6.07) is 5.23. The fourth-order valence-electron chi connectivity index (χ4n) is 1.35.